The minimum absolute atomic E-state index is 0.972. The first-order chi connectivity index (χ1) is 5.77. The number of hydrazine groups is 1. The molecule has 0 amide bonds. The van der Waals surface area contributed by atoms with Crippen molar-refractivity contribution in [2.75, 3.05) is 14.1 Å². The monoisotopic (exact) mass is 163 g/mol. The van der Waals surface area contributed by atoms with E-state index in [1.165, 1.54) is 11.1 Å². The molecule has 1 aliphatic heterocycles. The molecule has 0 spiro atoms. The number of nitrogens with zero attached hydrogens (tertiary/aromatic N) is 3. The van der Waals surface area contributed by atoms with E-state index < -0.39 is 0 Å². The zero-order valence-corrected chi connectivity index (χ0v) is 7.49. The fraction of sp³-hybridized carbons (Fsp3) is 0.444. The smallest absolute Gasteiger partial charge is 0.0399 e. The van der Waals surface area contributed by atoms with Crippen LogP contribution in [0.2, 0.25) is 0 Å². The summed E-state index contributed by atoms with van der Waals surface area (Å²) in [4.78, 5) is 4.11. The molecule has 12 heavy (non-hydrogen) atoms. The van der Waals surface area contributed by atoms with Crippen molar-refractivity contribution in [3.8, 4) is 0 Å². The van der Waals surface area contributed by atoms with Crippen LogP contribution in [0.4, 0.5) is 0 Å². The number of fused-ring (bicyclic) bond motifs is 1. The molecule has 2 heterocycles. The summed E-state index contributed by atoms with van der Waals surface area (Å²) in [5, 5.41) is 4.41. The lowest BCUT2D eigenvalue weighted by Gasteiger charge is -2.33. The zero-order chi connectivity index (χ0) is 8.55. The normalized spacial score (nSPS) is 19.2. The van der Waals surface area contributed by atoms with Crippen LogP contribution in [0.1, 0.15) is 11.1 Å². The summed E-state index contributed by atoms with van der Waals surface area (Å²) in [5.74, 6) is 0. The van der Waals surface area contributed by atoms with E-state index in [1.54, 1.807) is 0 Å². The molecular formula is C9H13N3. The molecule has 0 atom stereocenters. The van der Waals surface area contributed by atoms with Gasteiger partial charge in [-0.3, -0.25) is 4.98 Å². The van der Waals surface area contributed by atoms with Gasteiger partial charge in [0, 0.05) is 39.6 Å². The van der Waals surface area contributed by atoms with Crippen LogP contribution in [-0.4, -0.2) is 29.1 Å². The summed E-state index contributed by atoms with van der Waals surface area (Å²) < 4.78 is 0. The third-order valence-corrected chi connectivity index (χ3v) is 2.39. The van der Waals surface area contributed by atoms with Gasteiger partial charge in [-0.15, -0.1) is 0 Å². The van der Waals surface area contributed by atoms with E-state index in [9.17, 15) is 0 Å². The summed E-state index contributed by atoms with van der Waals surface area (Å²) >= 11 is 0. The van der Waals surface area contributed by atoms with E-state index >= 15 is 0 Å². The summed E-state index contributed by atoms with van der Waals surface area (Å²) in [6.45, 7) is 1.97. The molecule has 0 aliphatic carbocycles. The predicted molar refractivity (Wildman–Crippen MR) is 47.2 cm³/mol. The van der Waals surface area contributed by atoms with E-state index in [1.807, 2.05) is 12.4 Å². The van der Waals surface area contributed by atoms with Crippen LogP contribution in [0.5, 0.6) is 0 Å². The first kappa shape index (κ1) is 7.71. The maximum atomic E-state index is 4.11. The Kier molecular flexibility index (Phi) is 1.83. The Morgan fingerprint density at radius 3 is 2.58 bits per heavy atom. The van der Waals surface area contributed by atoms with Crippen molar-refractivity contribution in [2.24, 2.45) is 0 Å². The Hall–Kier alpha value is -0.930. The number of aromatic nitrogens is 1. The average molecular weight is 163 g/mol. The molecule has 0 radical (unpaired) electrons. The van der Waals surface area contributed by atoms with Gasteiger partial charge in [-0.25, -0.2) is 10.0 Å². The number of hydrogen-bond donors (Lipinski definition) is 0. The molecule has 1 aliphatic rings. The van der Waals surface area contributed by atoms with Gasteiger partial charge < -0.3 is 0 Å². The molecule has 1 aromatic heterocycles. The Morgan fingerprint density at radius 2 is 1.83 bits per heavy atom. The lowest BCUT2D eigenvalue weighted by Crippen LogP contribution is -2.39. The van der Waals surface area contributed by atoms with Gasteiger partial charge in [-0.2, -0.15) is 0 Å². The van der Waals surface area contributed by atoms with Crippen LogP contribution in [0.15, 0.2) is 18.5 Å². The van der Waals surface area contributed by atoms with Gasteiger partial charge >= 0.3 is 0 Å². The molecule has 1 aromatic rings. The van der Waals surface area contributed by atoms with E-state index in [-0.39, 0.29) is 0 Å². The van der Waals surface area contributed by atoms with E-state index in [4.69, 9.17) is 0 Å². The van der Waals surface area contributed by atoms with Gasteiger partial charge in [0.25, 0.3) is 0 Å². The second-order valence-corrected chi connectivity index (χ2v) is 3.28. The predicted octanol–water partition coefficient (Wildman–Crippen LogP) is 0.874. The Balaban J connectivity index is 2.34. The highest BCUT2D eigenvalue weighted by atomic mass is 15.6. The van der Waals surface area contributed by atoms with Gasteiger partial charge in [0.2, 0.25) is 0 Å². The molecule has 3 heteroatoms. The van der Waals surface area contributed by atoms with Gasteiger partial charge in [0.1, 0.15) is 0 Å². The molecule has 0 aromatic carbocycles. The minimum Gasteiger partial charge on any atom is -0.264 e. The zero-order valence-electron chi connectivity index (χ0n) is 7.49. The lowest BCUT2D eigenvalue weighted by atomic mass is 10.1. The van der Waals surface area contributed by atoms with Crippen molar-refractivity contribution in [1.29, 1.82) is 0 Å². The summed E-state index contributed by atoms with van der Waals surface area (Å²) in [6.07, 6.45) is 3.82. The van der Waals surface area contributed by atoms with Crippen molar-refractivity contribution in [1.82, 2.24) is 15.0 Å². The highest BCUT2D eigenvalue weighted by Gasteiger charge is 2.16. The molecular weight excluding hydrogens is 150 g/mol. The molecule has 3 nitrogen and oxygen atoms in total. The first-order valence-corrected chi connectivity index (χ1v) is 4.11. The second-order valence-electron chi connectivity index (χ2n) is 3.28. The molecule has 64 valence electrons. The molecule has 0 saturated carbocycles. The molecule has 2 rings (SSSR count). The lowest BCUT2D eigenvalue weighted by molar-refractivity contribution is -0.00197. The highest BCUT2D eigenvalue weighted by molar-refractivity contribution is 5.24. The van der Waals surface area contributed by atoms with E-state index in [0.29, 0.717) is 0 Å². The van der Waals surface area contributed by atoms with Crippen molar-refractivity contribution in [3.63, 3.8) is 0 Å². The van der Waals surface area contributed by atoms with Crippen molar-refractivity contribution < 1.29 is 0 Å². The standard InChI is InChI=1S/C9H13N3/c1-11-6-8-3-4-10-5-9(8)7-12(11)2/h3-5H,6-7H2,1-2H3. The Labute approximate surface area is 72.6 Å². The van der Waals surface area contributed by atoms with Gasteiger partial charge in [0.05, 0.1) is 0 Å². The van der Waals surface area contributed by atoms with E-state index in [0.717, 1.165) is 13.1 Å². The number of pyridine rings is 1. The number of rotatable bonds is 0. The SMILES string of the molecule is CN1Cc2ccncc2CN1C. The topological polar surface area (TPSA) is 19.4 Å². The second kappa shape index (κ2) is 2.84. The molecule has 0 fully saturated rings. The van der Waals surface area contributed by atoms with Crippen molar-refractivity contribution >= 4 is 0 Å². The van der Waals surface area contributed by atoms with Crippen molar-refractivity contribution in [3.05, 3.63) is 29.6 Å². The maximum Gasteiger partial charge on any atom is 0.0399 e. The van der Waals surface area contributed by atoms with Crippen LogP contribution in [-0.2, 0) is 13.1 Å². The minimum atomic E-state index is 0.972. The number of hydrogen-bond acceptors (Lipinski definition) is 3. The van der Waals surface area contributed by atoms with Gasteiger partial charge in [0.15, 0.2) is 0 Å². The van der Waals surface area contributed by atoms with Crippen LogP contribution in [0.25, 0.3) is 0 Å². The quantitative estimate of drug-likeness (QED) is 0.566. The Bertz CT molecular complexity index is 256. The molecule has 0 N–H and O–H groups in total. The van der Waals surface area contributed by atoms with Gasteiger partial charge in [-0.05, 0) is 17.2 Å². The van der Waals surface area contributed by atoms with Crippen molar-refractivity contribution in [2.45, 2.75) is 13.1 Å². The highest BCUT2D eigenvalue weighted by Crippen LogP contribution is 2.17. The molecule has 0 unspecified atom stereocenters. The van der Waals surface area contributed by atoms with E-state index in [2.05, 4.69) is 35.2 Å². The Morgan fingerprint density at radius 1 is 1.17 bits per heavy atom. The molecule has 0 bridgehead atoms. The summed E-state index contributed by atoms with van der Waals surface area (Å²) in [5.41, 5.74) is 2.74. The first-order valence-electron chi connectivity index (χ1n) is 4.11. The fourth-order valence-corrected chi connectivity index (χ4v) is 1.49. The largest absolute Gasteiger partial charge is 0.264 e. The summed E-state index contributed by atoms with van der Waals surface area (Å²) in [6, 6.07) is 2.10. The average Bonchev–Trinajstić information content (AvgIpc) is 2.07. The van der Waals surface area contributed by atoms with Crippen LogP contribution in [0, 0.1) is 0 Å². The van der Waals surface area contributed by atoms with Crippen LogP contribution >= 0.6 is 0 Å². The fourth-order valence-electron chi connectivity index (χ4n) is 1.49. The third kappa shape index (κ3) is 1.21. The van der Waals surface area contributed by atoms with Gasteiger partial charge in [-0.1, -0.05) is 0 Å². The summed E-state index contributed by atoms with van der Waals surface area (Å²) in [7, 11) is 4.19. The third-order valence-electron chi connectivity index (χ3n) is 2.39. The van der Waals surface area contributed by atoms with Crippen LogP contribution in [0.3, 0.4) is 0 Å². The maximum absolute atomic E-state index is 4.11. The molecule has 0 saturated heterocycles. The van der Waals surface area contributed by atoms with Crippen LogP contribution < -0.4 is 0 Å².